The second kappa shape index (κ2) is 3.14. The first-order valence-electron chi connectivity index (χ1n) is 5.72. The maximum atomic E-state index is 5.48. The number of hydrogen-bond donors (Lipinski definition) is 1. The first-order valence-corrected chi connectivity index (χ1v) is 5.72. The van der Waals surface area contributed by atoms with Crippen LogP contribution in [0.1, 0.15) is 36.9 Å². The van der Waals surface area contributed by atoms with Crippen molar-refractivity contribution in [3.05, 3.63) is 23.3 Å². The van der Waals surface area contributed by atoms with E-state index >= 15 is 0 Å². The third-order valence-electron chi connectivity index (χ3n) is 3.93. The second-order valence-electron chi connectivity index (χ2n) is 4.83. The van der Waals surface area contributed by atoms with Gasteiger partial charge in [-0.1, -0.05) is 0 Å². The van der Waals surface area contributed by atoms with Crippen molar-refractivity contribution in [2.24, 2.45) is 0 Å². The van der Waals surface area contributed by atoms with Crippen LogP contribution in [0.2, 0.25) is 0 Å². The molecule has 16 heavy (non-hydrogen) atoms. The summed E-state index contributed by atoms with van der Waals surface area (Å²) in [5, 5.41) is 3.66. The van der Waals surface area contributed by atoms with Gasteiger partial charge in [-0.2, -0.15) is 0 Å². The van der Waals surface area contributed by atoms with Crippen LogP contribution in [0.4, 0.5) is 0 Å². The molecule has 0 amide bonds. The van der Waals surface area contributed by atoms with Crippen molar-refractivity contribution in [2.75, 3.05) is 14.2 Å². The summed E-state index contributed by atoms with van der Waals surface area (Å²) in [6.45, 7) is 2.25. The zero-order valence-electron chi connectivity index (χ0n) is 9.96. The number of ether oxygens (including phenoxy) is 2. The van der Waals surface area contributed by atoms with E-state index in [0.29, 0.717) is 6.04 Å². The minimum Gasteiger partial charge on any atom is -0.496 e. The molecule has 1 aromatic carbocycles. The first-order chi connectivity index (χ1) is 7.69. The molecular weight excluding hydrogens is 202 g/mol. The van der Waals surface area contributed by atoms with E-state index in [4.69, 9.17) is 9.47 Å². The molecule has 2 aliphatic heterocycles. The average Bonchev–Trinajstić information content (AvgIpc) is 2.82. The van der Waals surface area contributed by atoms with Crippen molar-refractivity contribution in [1.29, 1.82) is 0 Å². The van der Waals surface area contributed by atoms with Gasteiger partial charge in [0.05, 0.1) is 14.2 Å². The molecule has 3 rings (SSSR count). The number of benzene rings is 1. The number of methoxy groups -OCH3 is 2. The molecule has 2 heterocycles. The number of fused-ring (bicyclic) bond motifs is 5. The van der Waals surface area contributed by atoms with Crippen LogP contribution in [0.25, 0.3) is 0 Å². The molecular formula is C13H17NO2. The van der Waals surface area contributed by atoms with Gasteiger partial charge in [0, 0.05) is 22.7 Å². The minimum absolute atomic E-state index is 0.0693. The number of hydrogen-bond acceptors (Lipinski definition) is 3. The zero-order chi connectivity index (χ0) is 11.3. The Labute approximate surface area is 95.8 Å². The normalized spacial score (nSPS) is 30.3. The predicted molar refractivity (Wildman–Crippen MR) is 62.0 cm³/mol. The molecule has 0 radical (unpaired) electrons. The summed E-state index contributed by atoms with van der Waals surface area (Å²) in [6, 6.07) is 4.44. The monoisotopic (exact) mass is 219 g/mol. The molecule has 0 saturated carbocycles. The van der Waals surface area contributed by atoms with E-state index in [1.54, 1.807) is 14.2 Å². The van der Waals surface area contributed by atoms with Gasteiger partial charge in [0.25, 0.3) is 0 Å². The fourth-order valence-corrected chi connectivity index (χ4v) is 3.22. The molecule has 2 unspecified atom stereocenters. The first kappa shape index (κ1) is 9.97. The van der Waals surface area contributed by atoms with Crippen LogP contribution in [0.5, 0.6) is 11.5 Å². The van der Waals surface area contributed by atoms with Crippen LogP contribution < -0.4 is 14.8 Å². The standard InChI is InChI=1S/C13H17NO2/c1-13-7-6-8(14-13)11-9(15-2)4-5-10(16-3)12(11)13/h4-5,8,14H,6-7H2,1-3H3. The smallest absolute Gasteiger partial charge is 0.124 e. The molecule has 3 nitrogen and oxygen atoms in total. The van der Waals surface area contributed by atoms with Crippen molar-refractivity contribution in [1.82, 2.24) is 5.32 Å². The lowest BCUT2D eigenvalue weighted by molar-refractivity contribution is 0.373. The lowest BCUT2D eigenvalue weighted by Crippen LogP contribution is -2.28. The number of rotatable bonds is 2. The quantitative estimate of drug-likeness (QED) is 0.828. The van der Waals surface area contributed by atoms with E-state index in [2.05, 4.69) is 12.2 Å². The Hall–Kier alpha value is -1.22. The largest absolute Gasteiger partial charge is 0.496 e. The molecule has 1 N–H and O–H groups in total. The SMILES string of the molecule is COc1ccc(OC)c2c1C1CCC2(C)N1. The van der Waals surface area contributed by atoms with Crippen molar-refractivity contribution in [2.45, 2.75) is 31.3 Å². The molecule has 2 aliphatic rings. The van der Waals surface area contributed by atoms with Crippen molar-refractivity contribution >= 4 is 0 Å². The summed E-state index contributed by atoms with van der Waals surface area (Å²) in [7, 11) is 3.47. The van der Waals surface area contributed by atoms with Gasteiger partial charge in [0.1, 0.15) is 11.5 Å². The Bertz CT molecular complexity index is 444. The second-order valence-corrected chi connectivity index (χ2v) is 4.83. The molecule has 1 aromatic rings. The maximum absolute atomic E-state index is 5.48. The van der Waals surface area contributed by atoms with Gasteiger partial charge < -0.3 is 14.8 Å². The van der Waals surface area contributed by atoms with E-state index in [0.717, 1.165) is 11.5 Å². The third-order valence-corrected chi connectivity index (χ3v) is 3.93. The summed E-state index contributed by atoms with van der Waals surface area (Å²) in [6.07, 6.45) is 2.36. The van der Waals surface area contributed by atoms with Gasteiger partial charge in [-0.25, -0.2) is 0 Å². The lowest BCUT2D eigenvalue weighted by Gasteiger charge is -2.26. The topological polar surface area (TPSA) is 30.5 Å². The molecule has 0 aliphatic carbocycles. The lowest BCUT2D eigenvalue weighted by atomic mass is 9.82. The van der Waals surface area contributed by atoms with Crippen molar-refractivity contribution < 1.29 is 9.47 Å². The summed E-state index contributed by atoms with van der Waals surface area (Å²) >= 11 is 0. The van der Waals surface area contributed by atoms with E-state index in [1.165, 1.54) is 24.0 Å². The van der Waals surface area contributed by atoms with Gasteiger partial charge in [-0.15, -0.1) is 0 Å². The van der Waals surface area contributed by atoms with Crippen LogP contribution in [0, 0.1) is 0 Å². The summed E-state index contributed by atoms with van der Waals surface area (Å²) in [5.41, 5.74) is 2.67. The fraction of sp³-hybridized carbons (Fsp3) is 0.538. The zero-order valence-corrected chi connectivity index (χ0v) is 9.96. The van der Waals surface area contributed by atoms with Gasteiger partial charge in [-0.3, -0.25) is 0 Å². The third kappa shape index (κ3) is 1.07. The van der Waals surface area contributed by atoms with Gasteiger partial charge >= 0.3 is 0 Å². The molecule has 86 valence electrons. The predicted octanol–water partition coefficient (Wildman–Crippen LogP) is 2.36. The Morgan fingerprint density at radius 2 is 1.94 bits per heavy atom. The number of nitrogens with one attached hydrogen (secondary N) is 1. The van der Waals surface area contributed by atoms with Crippen molar-refractivity contribution in [3.8, 4) is 11.5 Å². The Kier molecular flexibility index (Phi) is 1.96. The molecule has 1 fully saturated rings. The highest BCUT2D eigenvalue weighted by atomic mass is 16.5. The van der Waals surface area contributed by atoms with Crippen LogP contribution in [-0.4, -0.2) is 14.2 Å². The van der Waals surface area contributed by atoms with Gasteiger partial charge in [0.15, 0.2) is 0 Å². The fourth-order valence-electron chi connectivity index (χ4n) is 3.22. The van der Waals surface area contributed by atoms with E-state index in [9.17, 15) is 0 Å². The van der Waals surface area contributed by atoms with Gasteiger partial charge in [-0.05, 0) is 31.9 Å². The van der Waals surface area contributed by atoms with Crippen LogP contribution in [0.3, 0.4) is 0 Å². The average molecular weight is 219 g/mol. The molecule has 3 heteroatoms. The summed E-state index contributed by atoms with van der Waals surface area (Å²) in [4.78, 5) is 0. The molecule has 2 bridgehead atoms. The summed E-state index contributed by atoms with van der Waals surface area (Å²) in [5.74, 6) is 1.96. The van der Waals surface area contributed by atoms with E-state index in [1.807, 2.05) is 12.1 Å². The van der Waals surface area contributed by atoms with Crippen LogP contribution in [0.15, 0.2) is 12.1 Å². The summed E-state index contributed by atoms with van der Waals surface area (Å²) < 4.78 is 10.9. The van der Waals surface area contributed by atoms with Gasteiger partial charge in [0.2, 0.25) is 0 Å². The Balaban J connectivity index is 2.26. The highest BCUT2D eigenvalue weighted by Crippen LogP contribution is 2.55. The maximum Gasteiger partial charge on any atom is 0.124 e. The molecule has 0 aromatic heterocycles. The van der Waals surface area contributed by atoms with Crippen molar-refractivity contribution in [3.63, 3.8) is 0 Å². The Morgan fingerprint density at radius 1 is 1.25 bits per heavy atom. The minimum atomic E-state index is 0.0693. The van der Waals surface area contributed by atoms with Crippen LogP contribution >= 0.6 is 0 Å². The van der Waals surface area contributed by atoms with Crippen LogP contribution in [-0.2, 0) is 5.54 Å². The van der Waals surface area contributed by atoms with E-state index < -0.39 is 0 Å². The highest BCUT2D eigenvalue weighted by molar-refractivity contribution is 5.58. The molecule has 0 spiro atoms. The molecule has 1 saturated heterocycles. The Morgan fingerprint density at radius 3 is 2.62 bits per heavy atom. The van der Waals surface area contributed by atoms with E-state index in [-0.39, 0.29) is 5.54 Å². The molecule has 2 atom stereocenters. The highest BCUT2D eigenvalue weighted by Gasteiger charge is 2.48.